The molecule has 0 aromatic rings. The van der Waals surface area contributed by atoms with Crippen molar-refractivity contribution >= 4 is 5.91 Å². The Morgan fingerprint density at radius 3 is 2.92 bits per heavy atom. The molecule has 0 atom stereocenters. The summed E-state index contributed by atoms with van der Waals surface area (Å²) in [4.78, 5) is 12.9. The van der Waals surface area contributed by atoms with Crippen molar-refractivity contribution in [2.45, 2.75) is 19.3 Å². The maximum atomic E-state index is 11.3. The number of carbonyl (C=O) groups is 1. The van der Waals surface area contributed by atoms with Gasteiger partial charge in [0.15, 0.2) is 0 Å². The standard InChI is InChI=1S/C10H18N2O/c1-12(2)10(13)6-5-9-4-3-7-11-8-9/h4,11H,3,5-8H2,1-2H3. The fraction of sp³-hybridized carbons (Fsp3) is 0.700. The Balaban J connectivity index is 2.25. The first-order valence-electron chi connectivity index (χ1n) is 4.79. The Hall–Kier alpha value is -0.830. The van der Waals surface area contributed by atoms with E-state index in [1.54, 1.807) is 19.0 Å². The zero-order chi connectivity index (χ0) is 9.68. The number of nitrogens with zero attached hydrogens (tertiary/aromatic N) is 1. The lowest BCUT2D eigenvalue weighted by Crippen LogP contribution is -2.25. The van der Waals surface area contributed by atoms with Crippen molar-refractivity contribution in [1.82, 2.24) is 10.2 Å². The minimum absolute atomic E-state index is 0.214. The predicted molar refractivity (Wildman–Crippen MR) is 53.5 cm³/mol. The van der Waals surface area contributed by atoms with Crippen molar-refractivity contribution in [2.24, 2.45) is 0 Å². The van der Waals surface area contributed by atoms with Crippen LogP contribution < -0.4 is 5.32 Å². The Labute approximate surface area is 79.8 Å². The Morgan fingerprint density at radius 1 is 1.62 bits per heavy atom. The van der Waals surface area contributed by atoms with Gasteiger partial charge in [-0.05, 0) is 19.4 Å². The van der Waals surface area contributed by atoms with E-state index in [1.807, 2.05) is 0 Å². The molecule has 1 aliphatic heterocycles. The predicted octanol–water partition coefficient (Wildman–Crippen LogP) is 0.774. The molecule has 0 saturated carbocycles. The first-order valence-corrected chi connectivity index (χ1v) is 4.79. The van der Waals surface area contributed by atoms with Gasteiger partial charge in [0, 0.05) is 27.1 Å². The molecule has 3 heteroatoms. The van der Waals surface area contributed by atoms with E-state index in [1.165, 1.54) is 5.57 Å². The first kappa shape index (κ1) is 10.3. The second kappa shape index (κ2) is 5.02. The van der Waals surface area contributed by atoms with Crippen LogP contribution in [0.2, 0.25) is 0 Å². The topological polar surface area (TPSA) is 32.3 Å². The van der Waals surface area contributed by atoms with Crippen LogP contribution in [0.1, 0.15) is 19.3 Å². The highest BCUT2D eigenvalue weighted by atomic mass is 16.2. The summed E-state index contributed by atoms with van der Waals surface area (Å²) in [6, 6.07) is 0. The van der Waals surface area contributed by atoms with Crippen LogP contribution in [0.3, 0.4) is 0 Å². The lowest BCUT2D eigenvalue weighted by Gasteiger charge is -2.15. The van der Waals surface area contributed by atoms with Crippen molar-refractivity contribution in [1.29, 1.82) is 0 Å². The van der Waals surface area contributed by atoms with Gasteiger partial charge in [-0.3, -0.25) is 4.79 Å². The zero-order valence-corrected chi connectivity index (χ0v) is 8.47. The van der Waals surface area contributed by atoms with E-state index in [2.05, 4.69) is 11.4 Å². The maximum absolute atomic E-state index is 11.3. The van der Waals surface area contributed by atoms with E-state index in [9.17, 15) is 4.79 Å². The summed E-state index contributed by atoms with van der Waals surface area (Å²) in [5, 5.41) is 3.29. The number of amides is 1. The second-order valence-electron chi connectivity index (χ2n) is 3.62. The molecule has 1 amide bonds. The van der Waals surface area contributed by atoms with Gasteiger partial charge in [-0.2, -0.15) is 0 Å². The number of rotatable bonds is 3. The van der Waals surface area contributed by atoms with Crippen LogP contribution in [0.5, 0.6) is 0 Å². The summed E-state index contributed by atoms with van der Waals surface area (Å²) in [6.45, 7) is 2.03. The van der Waals surface area contributed by atoms with Gasteiger partial charge in [-0.15, -0.1) is 0 Å². The summed E-state index contributed by atoms with van der Waals surface area (Å²) in [5.74, 6) is 0.214. The molecule has 0 aromatic heterocycles. The van der Waals surface area contributed by atoms with Gasteiger partial charge in [0.2, 0.25) is 5.91 Å². The quantitative estimate of drug-likeness (QED) is 0.654. The maximum Gasteiger partial charge on any atom is 0.222 e. The molecule has 0 fully saturated rings. The van der Waals surface area contributed by atoms with Crippen LogP contribution in [0.25, 0.3) is 0 Å². The lowest BCUT2D eigenvalue weighted by atomic mass is 10.1. The first-order chi connectivity index (χ1) is 6.20. The molecule has 0 aliphatic carbocycles. The van der Waals surface area contributed by atoms with Gasteiger partial charge in [0.05, 0.1) is 0 Å². The summed E-state index contributed by atoms with van der Waals surface area (Å²) >= 11 is 0. The third-order valence-electron chi connectivity index (χ3n) is 2.26. The monoisotopic (exact) mass is 182 g/mol. The third kappa shape index (κ3) is 3.59. The van der Waals surface area contributed by atoms with E-state index in [-0.39, 0.29) is 5.91 Å². The molecule has 74 valence electrons. The van der Waals surface area contributed by atoms with Crippen LogP contribution in [0.15, 0.2) is 11.6 Å². The van der Waals surface area contributed by atoms with E-state index in [0.29, 0.717) is 6.42 Å². The average Bonchev–Trinajstić information content (AvgIpc) is 2.15. The van der Waals surface area contributed by atoms with Gasteiger partial charge < -0.3 is 10.2 Å². The van der Waals surface area contributed by atoms with Crippen molar-refractivity contribution < 1.29 is 4.79 Å². The van der Waals surface area contributed by atoms with E-state index in [0.717, 1.165) is 25.9 Å². The van der Waals surface area contributed by atoms with Crippen LogP contribution in [-0.4, -0.2) is 38.0 Å². The van der Waals surface area contributed by atoms with Crippen molar-refractivity contribution in [2.75, 3.05) is 27.2 Å². The van der Waals surface area contributed by atoms with Gasteiger partial charge in [0.1, 0.15) is 0 Å². The minimum atomic E-state index is 0.214. The van der Waals surface area contributed by atoms with Gasteiger partial charge in [-0.25, -0.2) is 0 Å². The van der Waals surface area contributed by atoms with Crippen molar-refractivity contribution in [3.8, 4) is 0 Å². The molecule has 0 spiro atoms. The van der Waals surface area contributed by atoms with Gasteiger partial charge >= 0.3 is 0 Å². The Morgan fingerprint density at radius 2 is 2.38 bits per heavy atom. The molecule has 0 unspecified atom stereocenters. The number of hydrogen-bond acceptors (Lipinski definition) is 2. The second-order valence-corrected chi connectivity index (χ2v) is 3.62. The Bertz CT molecular complexity index is 209. The molecule has 1 aliphatic rings. The van der Waals surface area contributed by atoms with Crippen LogP contribution in [0.4, 0.5) is 0 Å². The molecular formula is C10H18N2O. The summed E-state index contributed by atoms with van der Waals surface area (Å²) in [5.41, 5.74) is 1.38. The molecule has 0 saturated heterocycles. The number of hydrogen-bond donors (Lipinski definition) is 1. The van der Waals surface area contributed by atoms with Gasteiger partial charge in [-0.1, -0.05) is 11.6 Å². The highest BCUT2D eigenvalue weighted by Crippen LogP contribution is 2.09. The highest BCUT2D eigenvalue weighted by molar-refractivity contribution is 5.75. The molecule has 3 nitrogen and oxygen atoms in total. The summed E-state index contributed by atoms with van der Waals surface area (Å²) < 4.78 is 0. The highest BCUT2D eigenvalue weighted by Gasteiger charge is 2.07. The summed E-state index contributed by atoms with van der Waals surface area (Å²) in [6.07, 6.45) is 4.90. The molecule has 1 heterocycles. The smallest absolute Gasteiger partial charge is 0.222 e. The molecule has 1 N–H and O–H groups in total. The zero-order valence-electron chi connectivity index (χ0n) is 8.47. The van der Waals surface area contributed by atoms with Crippen LogP contribution >= 0.6 is 0 Å². The van der Waals surface area contributed by atoms with Crippen molar-refractivity contribution in [3.63, 3.8) is 0 Å². The lowest BCUT2D eigenvalue weighted by molar-refractivity contribution is -0.128. The minimum Gasteiger partial charge on any atom is -0.349 e. The fourth-order valence-corrected chi connectivity index (χ4v) is 1.38. The van der Waals surface area contributed by atoms with Crippen LogP contribution in [-0.2, 0) is 4.79 Å². The van der Waals surface area contributed by atoms with Gasteiger partial charge in [0.25, 0.3) is 0 Å². The Kier molecular flexibility index (Phi) is 3.96. The van der Waals surface area contributed by atoms with Crippen molar-refractivity contribution in [3.05, 3.63) is 11.6 Å². The summed E-state index contributed by atoms with van der Waals surface area (Å²) in [7, 11) is 3.60. The third-order valence-corrected chi connectivity index (χ3v) is 2.26. The molecule has 0 radical (unpaired) electrons. The fourth-order valence-electron chi connectivity index (χ4n) is 1.38. The SMILES string of the molecule is CN(C)C(=O)CCC1=CCCNC1. The normalized spacial score (nSPS) is 16.6. The molecule has 0 bridgehead atoms. The van der Waals surface area contributed by atoms with E-state index in [4.69, 9.17) is 0 Å². The molecule has 13 heavy (non-hydrogen) atoms. The van der Waals surface area contributed by atoms with E-state index < -0.39 is 0 Å². The number of nitrogens with one attached hydrogen (secondary N) is 1. The molecule has 0 aromatic carbocycles. The largest absolute Gasteiger partial charge is 0.349 e. The molecular weight excluding hydrogens is 164 g/mol. The van der Waals surface area contributed by atoms with E-state index >= 15 is 0 Å². The average molecular weight is 182 g/mol. The number of carbonyl (C=O) groups excluding carboxylic acids is 1. The molecule has 1 rings (SSSR count). The van der Waals surface area contributed by atoms with Crippen LogP contribution in [0, 0.1) is 0 Å².